The summed E-state index contributed by atoms with van der Waals surface area (Å²) in [4.78, 5) is 7.37. The molecule has 4 nitrogen and oxygen atoms in total. The number of fused-ring (bicyclic) bond motifs is 1. The summed E-state index contributed by atoms with van der Waals surface area (Å²) in [7, 11) is 0. The van der Waals surface area contributed by atoms with Crippen LogP contribution in [-0.2, 0) is 13.0 Å². The van der Waals surface area contributed by atoms with E-state index in [-0.39, 0.29) is 0 Å². The highest BCUT2D eigenvalue weighted by Crippen LogP contribution is 2.32. The van der Waals surface area contributed by atoms with Gasteiger partial charge in [0.1, 0.15) is 5.82 Å². The molecule has 4 heteroatoms. The minimum Gasteiger partial charge on any atom is -0.396 e. The maximum atomic E-state index is 9.27. The van der Waals surface area contributed by atoms with Crippen LogP contribution in [0.25, 0.3) is 0 Å². The third kappa shape index (κ3) is 2.08. The maximum absolute atomic E-state index is 9.27. The predicted molar refractivity (Wildman–Crippen MR) is 70.3 cm³/mol. The van der Waals surface area contributed by atoms with Gasteiger partial charge in [-0.25, -0.2) is 4.98 Å². The molecular weight excluding hydrogens is 226 g/mol. The molecule has 2 aliphatic heterocycles. The van der Waals surface area contributed by atoms with E-state index in [2.05, 4.69) is 22.6 Å². The molecule has 0 saturated carbocycles. The molecule has 1 aromatic heterocycles. The third-order valence-electron chi connectivity index (χ3n) is 4.50. The van der Waals surface area contributed by atoms with Crippen LogP contribution in [0.1, 0.15) is 43.7 Å². The molecule has 0 aliphatic carbocycles. The van der Waals surface area contributed by atoms with Crippen LogP contribution in [0.5, 0.6) is 0 Å². The summed E-state index contributed by atoms with van der Waals surface area (Å²) in [6.07, 6.45) is 6.81. The Hall–Kier alpha value is -0.870. The molecule has 2 unspecified atom stereocenters. The quantitative estimate of drug-likeness (QED) is 0.884. The highest BCUT2D eigenvalue weighted by Gasteiger charge is 2.28. The van der Waals surface area contributed by atoms with Gasteiger partial charge in [0.25, 0.3) is 0 Å². The molecule has 1 fully saturated rings. The summed E-state index contributed by atoms with van der Waals surface area (Å²) >= 11 is 0. The lowest BCUT2D eigenvalue weighted by atomic mass is 9.99. The average molecular weight is 249 g/mol. The van der Waals surface area contributed by atoms with Gasteiger partial charge in [-0.15, -0.1) is 0 Å². The van der Waals surface area contributed by atoms with Gasteiger partial charge < -0.3 is 9.67 Å². The number of aliphatic hydroxyl groups excluding tert-OH is 1. The minimum absolute atomic E-state index is 0.298. The van der Waals surface area contributed by atoms with Gasteiger partial charge in [-0.05, 0) is 38.3 Å². The number of likely N-dealkylation sites (tertiary alicyclic amines) is 1. The van der Waals surface area contributed by atoms with E-state index in [1.54, 1.807) is 0 Å². The molecular formula is C14H23N3O. The summed E-state index contributed by atoms with van der Waals surface area (Å²) < 4.78 is 2.30. The summed E-state index contributed by atoms with van der Waals surface area (Å²) in [6.45, 7) is 5.88. The number of nitrogens with zero attached hydrogens (tertiary/aromatic N) is 3. The number of hydrogen-bond donors (Lipinski definition) is 1. The van der Waals surface area contributed by atoms with Crippen LogP contribution in [0, 0.1) is 5.92 Å². The van der Waals surface area contributed by atoms with Crippen LogP contribution in [0.4, 0.5) is 0 Å². The fourth-order valence-corrected chi connectivity index (χ4v) is 3.37. The molecule has 1 aromatic rings. The smallest absolute Gasteiger partial charge is 0.109 e. The van der Waals surface area contributed by atoms with Crippen molar-refractivity contribution in [2.24, 2.45) is 5.92 Å². The number of aryl methyl sites for hydroxylation is 1. The maximum Gasteiger partial charge on any atom is 0.109 e. The van der Waals surface area contributed by atoms with E-state index in [1.807, 2.05) is 0 Å². The zero-order valence-electron chi connectivity index (χ0n) is 11.2. The molecule has 0 amide bonds. The van der Waals surface area contributed by atoms with Gasteiger partial charge in [-0.1, -0.05) is 6.92 Å². The summed E-state index contributed by atoms with van der Waals surface area (Å²) in [5, 5.41) is 9.27. The first kappa shape index (κ1) is 12.2. The van der Waals surface area contributed by atoms with Gasteiger partial charge in [0.2, 0.25) is 0 Å². The van der Waals surface area contributed by atoms with E-state index in [4.69, 9.17) is 4.98 Å². The molecule has 2 aliphatic rings. The minimum atomic E-state index is 0.298. The Morgan fingerprint density at radius 3 is 3.06 bits per heavy atom. The summed E-state index contributed by atoms with van der Waals surface area (Å²) in [6, 6.07) is 0.528. The van der Waals surface area contributed by atoms with E-state index in [1.165, 1.54) is 30.9 Å². The largest absolute Gasteiger partial charge is 0.396 e. The van der Waals surface area contributed by atoms with Crippen LogP contribution < -0.4 is 0 Å². The second-order valence-corrected chi connectivity index (χ2v) is 5.60. The van der Waals surface area contributed by atoms with Gasteiger partial charge in [-0.2, -0.15) is 0 Å². The standard InChI is InChI=1S/C14H23N3O/c1-2-16-6-3-4-13(16)12-9-17-7-5-11(10-18)8-14(17)15-12/h9,11,13,18H,2-8,10H2,1H3. The molecule has 18 heavy (non-hydrogen) atoms. The van der Waals surface area contributed by atoms with E-state index >= 15 is 0 Å². The Bertz CT molecular complexity index is 415. The molecule has 0 spiro atoms. The first-order chi connectivity index (χ1) is 8.81. The summed E-state index contributed by atoms with van der Waals surface area (Å²) in [5.74, 6) is 1.59. The van der Waals surface area contributed by atoms with E-state index < -0.39 is 0 Å². The Morgan fingerprint density at radius 2 is 2.28 bits per heavy atom. The van der Waals surface area contributed by atoms with Gasteiger partial charge in [0, 0.05) is 25.8 Å². The van der Waals surface area contributed by atoms with Gasteiger partial charge in [-0.3, -0.25) is 4.90 Å². The van der Waals surface area contributed by atoms with Crippen molar-refractivity contribution in [3.63, 3.8) is 0 Å². The monoisotopic (exact) mass is 249 g/mol. The normalized spacial score (nSPS) is 28.6. The highest BCUT2D eigenvalue weighted by atomic mass is 16.3. The highest BCUT2D eigenvalue weighted by molar-refractivity contribution is 5.12. The fraction of sp³-hybridized carbons (Fsp3) is 0.786. The van der Waals surface area contributed by atoms with E-state index in [0.717, 1.165) is 25.9 Å². The topological polar surface area (TPSA) is 41.3 Å². The predicted octanol–water partition coefficient (Wildman–Crippen LogP) is 1.59. The number of rotatable bonds is 3. The number of aliphatic hydroxyl groups is 1. The third-order valence-corrected chi connectivity index (χ3v) is 4.50. The molecule has 2 atom stereocenters. The Balaban J connectivity index is 1.81. The molecule has 3 heterocycles. The lowest BCUT2D eigenvalue weighted by Crippen LogP contribution is -2.22. The first-order valence-corrected chi connectivity index (χ1v) is 7.22. The second kappa shape index (κ2) is 5.02. The van der Waals surface area contributed by atoms with Crippen molar-refractivity contribution in [3.8, 4) is 0 Å². The molecule has 0 radical (unpaired) electrons. The average Bonchev–Trinajstić information content (AvgIpc) is 3.03. The van der Waals surface area contributed by atoms with Crippen molar-refractivity contribution in [2.75, 3.05) is 19.7 Å². The fourth-order valence-electron chi connectivity index (χ4n) is 3.37. The zero-order chi connectivity index (χ0) is 12.5. The number of hydrogen-bond acceptors (Lipinski definition) is 3. The number of imidazole rings is 1. The van der Waals surface area contributed by atoms with Crippen LogP contribution in [0.3, 0.4) is 0 Å². The van der Waals surface area contributed by atoms with Gasteiger partial charge in [0.15, 0.2) is 0 Å². The zero-order valence-corrected chi connectivity index (χ0v) is 11.2. The van der Waals surface area contributed by atoms with E-state index in [0.29, 0.717) is 18.6 Å². The Labute approximate surface area is 109 Å². The second-order valence-electron chi connectivity index (χ2n) is 5.60. The van der Waals surface area contributed by atoms with Crippen molar-refractivity contribution in [1.29, 1.82) is 0 Å². The molecule has 3 rings (SSSR count). The Morgan fingerprint density at radius 1 is 1.39 bits per heavy atom. The lowest BCUT2D eigenvalue weighted by molar-refractivity contribution is 0.199. The van der Waals surface area contributed by atoms with Crippen molar-refractivity contribution >= 4 is 0 Å². The molecule has 0 bridgehead atoms. The lowest BCUT2D eigenvalue weighted by Gasteiger charge is -2.20. The SMILES string of the molecule is CCN1CCCC1c1cn2c(n1)CC(CO)CC2. The van der Waals surface area contributed by atoms with Gasteiger partial charge >= 0.3 is 0 Å². The van der Waals surface area contributed by atoms with Crippen molar-refractivity contribution in [1.82, 2.24) is 14.5 Å². The van der Waals surface area contributed by atoms with Crippen LogP contribution >= 0.6 is 0 Å². The molecule has 100 valence electrons. The molecule has 1 N–H and O–H groups in total. The van der Waals surface area contributed by atoms with Crippen molar-refractivity contribution < 1.29 is 5.11 Å². The van der Waals surface area contributed by atoms with Gasteiger partial charge in [0.05, 0.1) is 11.7 Å². The summed E-state index contributed by atoms with van der Waals surface area (Å²) in [5.41, 5.74) is 1.25. The molecule has 1 saturated heterocycles. The van der Waals surface area contributed by atoms with Crippen LogP contribution in [0.15, 0.2) is 6.20 Å². The van der Waals surface area contributed by atoms with Crippen LogP contribution in [0.2, 0.25) is 0 Å². The van der Waals surface area contributed by atoms with E-state index in [9.17, 15) is 5.11 Å². The van der Waals surface area contributed by atoms with Crippen molar-refractivity contribution in [3.05, 3.63) is 17.7 Å². The molecule has 0 aromatic carbocycles. The Kier molecular flexibility index (Phi) is 3.39. The van der Waals surface area contributed by atoms with Crippen molar-refractivity contribution in [2.45, 2.75) is 45.2 Å². The van der Waals surface area contributed by atoms with Crippen LogP contribution in [-0.4, -0.2) is 39.3 Å². The number of aromatic nitrogens is 2. The first-order valence-electron chi connectivity index (χ1n) is 7.22.